The fourth-order valence-electron chi connectivity index (χ4n) is 4.50. The third-order valence-corrected chi connectivity index (χ3v) is 9.19. The van der Waals surface area contributed by atoms with Crippen molar-refractivity contribution in [3.63, 3.8) is 0 Å². The van der Waals surface area contributed by atoms with Gasteiger partial charge in [-0.05, 0) is 67.1 Å². The Balaban J connectivity index is 1.38. The Morgan fingerprint density at radius 2 is 1.73 bits per heavy atom. The lowest BCUT2D eigenvalue weighted by Gasteiger charge is -2.19. The van der Waals surface area contributed by atoms with Crippen LogP contribution in [0.25, 0.3) is 0 Å². The van der Waals surface area contributed by atoms with Crippen LogP contribution < -0.4 is 14.9 Å². The predicted octanol–water partition coefficient (Wildman–Crippen LogP) is 3.60. The van der Waals surface area contributed by atoms with Crippen LogP contribution in [0.1, 0.15) is 43.1 Å². The van der Waals surface area contributed by atoms with Gasteiger partial charge in [-0.2, -0.15) is 0 Å². The number of hydrogen-bond donors (Lipinski definition) is 2. The summed E-state index contributed by atoms with van der Waals surface area (Å²) in [4.78, 5) is 26.6. The lowest BCUT2D eigenvalue weighted by molar-refractivity contribution is 0.0963. The van der Waals surface area contributed by atoms with E-state index in [1.165, 1.54) is 39.9 Å². The van der Waals surface area contributed by atoms with Crippen molar-refractivity contribution in [2.24, 2.45) is 0 Å². The predicted molar refractivity (Wildman–Crippen MR) is 129 cm³/mol. The van der Waals surface area contributed by atoms with Gasteiger partial charge in [0.2, 0.25) is 0 Å². The summed E-state index contributed by atoms with van der Waals surface area (Å²) >= 11 is 1.44. The maximum absolute atomic E-state index is 13.2. The van der Waals surface area contributed by atoms with E-state index in [2.05, 4.69) is 10.6 Å². The Bertz CT molecular complexity index is 1360. The van der Waals surface area contributed by atoms with Crippen LogP contribution in [0, 0.1) is 0 Å². The van der Waals surface area contributed by atoms with E-state index in [0.29, 0.717) is 34.8 Å². The average molecular weight is 482 g/mol. The Labute approximate surface area is 196 Å². The second kappa shape index (κ2) is 8.31. The maximum atomic E-state index is 13.2. The average Bonchev–Trinajstić information content (AvgIpc) is 3.53. The molecule has 0 radical (unpaired) electrons. The minimum Gasteiger partial charge on any atom is -0.355 e. The second-order valence-electron chi connectivity index (χ2n) is 8.07. The van der Waals surface area contributed by atoms with E-state index in [-0.39, 0.29) is 16.7 Å². The van der Waals surface area contributed by atoms with Crippen LogP contribution >= 0.6 is 11.3 Å². The van der Waals surface area contributed by atoms with Gasteiger partial charge in [0.1, 0.15) is 5.00 Å². The Hall–Kier alpha value is -3.17. The number of nitrogens with one attached hydrogen (secondary N) is 2. The number of sulfonamides is 1. The molecule has 1 aliphatic heterocycles. The van der Waals surface area contributed by atoms with Crippen molar-refractivity contribution in [3.05, 3.63) is 75.7 Å². The molecule has 0 unspecified atom stereocenters. The number of rotatable bonds is 5. The van der Waals surface area contributed by atoms with Crippen molar-refractivity contribution in [2.75, 3.05) is 23.2 Å². The quantitative estimate of drug-likeness (QED) is 0.582. The number of amides is 2. The van der Waals surface area contributed by atoms with Gasteiger partial charge in [-0.1, -0.05) is 18.2 Å². The number of thiophene rings is 1. The molecular formula is C24H23N3O4S2. The zero-order valence-electron chi connectivity index (χ0n) is 18.1. The number of aryl methyl sites for hydroxylation is 1. The molecule has 0 fully saturated rings. The SMILES string of the molecule is CNC(=O)c1c(NC(=O)c2ccc(S(=O)(=O)N3CCc4ccccc43)cc2)sc2c1CCC2. The van der Waals surface area contributed by atoms with Crippen molar-refractivity contribution in [1.29, 1.82) is 0 Å². The molecule has 0 bridgehead atoms. The first-order chi connectivity index (χ1) is 15.9. The molecule has 1 aromatic heterocycles. The first-order valence-corrected chi connectivity index (χ1v) is 13.0. The Morgan fingerprint density at radius 1 is 0.970 bits per heavy atom. The number of benzene rings is 2. The molecule has 1 aliphatic carbocycles. The summed E-state index contributed by atoms with van der Waals surface area (Å²) in [6.45, 7) is 0.398. The number of para-hydroxylation sites is 1. The topological polar surface area (TPSA) is 95.6 Å². The molecule has 5 rings (SSSR count). The van der Waals surface area contributed by atoms with Crippen LogP contribution in [-0.2, 0) is 29.3 Å². The first-order valence-electron chi connectivity index (χ1n) is 10.8. The molecule has 33 heavy (non-hydrogen) atoms. The smallest absolute Gasteiger partial charge is 0.264 e. The molecule has 170 valence electrons. The number of anilines is 2. The van der Waals surface area contributed by atoms with Gasteiger partial charge in [0.25, 0.3) is 21.8 Å². The molecule has 2 aliphatic rings. The zero-order chi connectivity index (χ0) is 23.2. The monoisotopic (exact) mass is 481 g/mol. The van der Waals surface area contributed by atoms with Gasteiger partial charge < -0.3 is 10.6 Å². The second-order valence-corrected chi connectivity index (χ2v) is 11.0. The number of carbonyl (C=O) groups excluding carboxylic acids is 2. The summed E-state index contributed by atoms with van der Waals surface area (Å²) in [6.07, 6.45) is 3.42. The zero-order valence-corrected chi connectivity index (χ0v) is 19.7. The molecule has 2 amide bonds. The van der Waals surface area contributed by atoms with Crippen molar-refractivity contribution in [3.8, 4) is 0 Å². The summed E-state index contributed by atoms with van der Waals surface area (Å²) in [5.41, 5.74) is 3.59. The van der Waals surface area contributed by atoms with E-state index in [0.717, 1.165) is 35.3 Å². The molecule has 3 aromatic rings. The van der Waals surface area contributed by atoms with E-state index >= 15 is 0 Å². The Kier molecular flexibility index (Phi) is 5.46. The van der Waals surface area contributed by atoms with Crippen LogP contribution in [0.15, 0.2) is 53.4 Å². The standard InChI is InChI=1S/C24H23N3O4S2/c1-25-23(29)21-18-6-4-8-20(18)32-24(21)26-22(28)16-9-11-17(12-10-16)33(30,31)27-14-13-15-5-2-3-7-19(15)27/h2-3,5,7,9-12H,4,6,8,13-14H2,1H3,(H,25,29)(H,26,28). The first kappa shape index (κ1) is 21.7. The van der Waals surface area contributed by atoms with Crippen LogP contribution in [0.2, 0.25) is 0 Å². The molecule has 0 saturated heterocycles. The van der Waals surface area contributed by atoms with Crippen molar-refractivity contribution in [1.82, 2.24) is 5.32 Å². The van der Waals surface area contributed by atoms with E-state index < -0.39 is 10.0 Å². The van der Waals surface area contributed by atoms with E-state index in [4.69, 9.17) is 0 Å². The molecule has 2 aromatic carbocycles. The van der Waals surface area contributed by atoms with Crippen molar-refractivity contribution in [2.45, 2.75) is 30.6 Å². The highest BCUT2D eigenvalue weighted by Gasteiger charge is 2.31. The molecule has 0 saturated carbocycles. The van der Waals surface area contributed by atoms with Gasteiger partial charge in [-0.3, -0.25) is 13.9 Å². The lowest BCUT2D eigenvalue weighted by atomic mass is 10.1. The summed E-state index contributed by atoms with van der Waals surface area (Å²) in [5.74, 6) is -0.590. The van der Waals surface area contributed by atoms with Gasteiger partial charge in [0.15, 0.2) is 0 Å². The highest BCUT2D eigenvalue weighted by molar-refractivity contribution is 7.92. The lowest BCUT2D eigenvalue weighted by Crippen LogP contribution is -2.29. The molecular weight excluding hydrogens is 458 g/mol. The van der Waals surface area contributed by atoms with E-state index in [1.54, 1.807) is 7.05 Å². The number of carbonyl (C=O) groups is 2. The molecule has 9 heteroatoms. The minimum absolute atomic E-state index is 0.136. The Morgan fingerprint density at radius 3 is 2.48 bits per heavy atom. The fourth-order valence-corrected chi connectivity index (χ4v) is 7.28. The number of hydrogen-bond acceptors (Lipinski definition) is 5. The largest absolute Gasteiger partial charge is 0.355 e. The normalized spacial score (nSPS) is 14.6. The van der Waals surface area contributed by atoms with Crippen molar-refractivity contribution >= 4 is 43.9 Å². The van der Waals surface area contributed by atoms with Crippen LogP contribution in [0.4, 0.5) is 10.7 Å². The van der Waals surface area contributed by atoms with Gasteiger partial charge in [-0.25, -0.2) is 8.42 Å². The number of nitrogens with zero attached hydrogens (tertiary/aromatic N) is 1. The molecule has 2 N–H and O–H groups in total. The highest BCUT2D eigenvalue weighted by Crippen LogP contribution is 2.39. The van der Waals surface area contributed by atoms with E-state index in [9.17, 15) is 18.0 Å². The molecule has 7 nitrogen and oxygen atoms in total. The molecule has 2 heterocycles. The van der Waals surface area contributed by atoms with E-state index in [1.807, 2.05) is 24.3 Å². The van der Waals surface area contributed by atoms with Crippen LogP contribution in [0.3, 0.4) is 0 Å². The van der Waals surface area contributed by atoms with Crippen LogP contribution in [-0.4, -0.2) is 33.8 Å². The van der Waals surface area contributed by atoms with Gasteiger partial charge in [-0.15, -0.1) is 11.3 Å². The third kappa shape index (κ3) is 3.71. The van der Waals surface area contributed by atoms with Gasteiger partial charge in [0, 0.05) is 24.0 Å². The van der Waals surface area contributed by atoms with Gasteiger partial charge in [0.05, 0.1) is 16.1 Å². The summed E-state index contributed by atoms with van der Waals surface area (Å²) in [6, 6.07) is 13.4. The summed E-state index contributed by atoms with van der Waals surface area (Å²) < 4.78 is 27.8. The van der Waals surface area contributed by atoms with Crippen LogP contribution in [0.5, 0.6) is 0 Å². The third-order valence-electron chi connectivity index (χ3n) is 6.15. The summed E-state index contributed by atoms with van der Waals surface area (Å²) in [7, 11) is -2.15. The highest BCUT2D eigenvalue weighted by atomic mass is 32.2. The maximum Gasteiger partial charge on any atom is 0.264 e. The molecule has 0 atom stereocenters. The van der Waals surface area contributed by atoms with Gasteiger partial charge >= 0.3 is 0 Å². The van der Waals surface area contributed by atoms with Crippen molar-refractivity contribution < 1.29 is 18.0 Å². The minimum atomic E-state index is -3.72. The molecule has 0 spiro atoms. The fraction of sp³-hybridized carbons (Fsp3) is 0.250. The number of fused-ring (bicyclic) bond motifs is 2. The summed E-state index contributed by atoms with van der Waals surface area (Å²) in [5, 5.41) is 6.05.